The van der Waals surface area contributed by atoms with E-state index < -0.39 is 0 Å². The predicted octanol–water partition coefficient (Wildman–Crippen LogP) is 2.35. The van der Waals surface area contributed by atoms with Crippen LogP contribution in [0.5, 0.6) is 0 Å². The van der Waals surface area contributed by atoms with Crippen LogP contribution in [0.25, 0.3) is 0 Å². The van der Waals surface area contributed by atoms with Gasteiger partial charge in [0.15, 0.2) is 0 Å². The van der Waals surface area contributed by atoms with Gasteiger partial charge < -0.3 is 10.2 Å². The number of likely N-dealkylation sites (N-methyl/N-ethyl adjacent to an activating group) is 1. The molecule has 2 heteroatoms. The predicted molar refractivity (Wildman–Crippen MR) is 67.1 cm³/mol. The Bertz CT molecular complexity index is 187. The van der Waals surface area contributed by atoms with Gasteiger partial charge in [0.2, 0.25) is 0 Å². The first-order valence-electron chi connectivity index (χ1n) is 6.22. The van der Waals surface area contributed by atoms with Crippen LogP contribution in [0.4, 0.5) is 0 Å². The molecule has 2 nitrogen and oxygen atoms in total. The number of hydrogen-bond acceptors (Lipinski definition) is 2. The zero-order chi connectivity index (χ0) is 11.6. The van der Waals surface area contributed by atoms with Crippen molar-refractivity contribution in [2.45, 2.75) is 52.6 Å². The summed E-state index contributed by atoms with van der Waals surface area (Å²) in [4.78, 5) is 2.38. The molecule has 1 N–H and O–H groups in total. The third-order valence-electron chi connectivity index (χ3n) is 3.76. The SMILES string of the molecule is C[C@H](NC[C@@H](C1CC1)N(C)C)C(C)(C)C. The summed E-state index contributed by atoms with van der Waals surface area (Å²) in [5.41, 5.74) is 0.362. The van der Waals surface area contributed by atoms with Gasteiger partial charge in [-0.15, -0.1) is 0 Å². The van der Waals surface area contributed by atoms with E-state index in [1.165, 1.54) is 12.8 Å². The van der Waals surface area contributed by atoms with E-state index in [0.29, 0.717) is 11.5 Å². The Kier molecular flexibility index (Phi) is 4.19. The Morgan fingerprint density at radius 3 is 2.13 bits per heavy atom. The quantitative estimate of drug-likeness (QED) is 0.752. The van der Waals surface area contributed by atoms with E-state index in [2.05, 4.69) is 52.0 Å². The summed E-state index contributed by atoms with van der Waals surface area (Å²) in [6, 6.07) is 1.31. The maximum atomic E-state index is 3.68. The van der Waals surface area contributed by atoms with Gasteiger partial charge in [0.1, 0.15) is 0 Å². The summed E-state index contributed by atoms with van der Waals surface area (Å²) in [6.07, 6.45) is 2.85. The molecule has 1 aliphatic carbocycles. The minimum absolute atomic E-state index is 0.362. The van der Waals surface area contributed by atoms with Gasteiger partial charge in [0, 0.05) is 18.6 Å². The van der Waals surface area contributed by atoms with E-state index in [-0.39, 0.29) is 0 Å². The van der Waals surface area contributed by atoms with E-state index in [0.717, 1.165) is 18.5 Å². The molecule has 1 aliphatic rings. The van der Waals surface area contributed by atoms with Crippen molar-refractivity contribution < 1.29 is 0 Å². The van der Waals surface area contributed by atoms with Crippen LogP contribution in [0.3, 0.4) is 0 Å². The van der Waals surface area contributed by atoms with E-state index in [1.54, 1.807) is 0 Å². The van der Waals surface area contributed by atoms with Crippen molar-refractivity contribution in [2.24, 2.45) is 11.3 Å². The maximum absolute atomic E-state index is 3.68. The second-order valence-corrected chi connectivity index (χ2v) is 6.36. The molecule has 0 radical (unpaired) electrons. The van der Waals surface area contributed by atoms with Crippen molar-refractivity contribution in [1.82, 2.24) is 10.2 Å². The average Bonchev–Trinajstić information content (AvgIpc) is 2.85. The molecule has 15 heavy (non-hydrogen) atoms. The highest BCUT2D eigenvalue weighted by molar-refractivity contribution is 4.89. The Hall–Kier alpha value is -0.0800. The van der Waals surface area contributed by atoms with Crippen molar-refractivity contribution in [3.05, 3.63) is 0 Å². The van der Waals surface area contributed by atoms with Gasteiger partial charge in [0.05, 0.1) is 0 Å². The molecule has 0 aliphatic heterocycles. The summed E-state index contributed by atoms with van der Waals surface area (Å²) in [5, 5.41) is 3.68. The van der Waals surface area contributed by atoms with Crippen molar-refractivity contribution in [1.29, 1.82) is 0 Å². The molecule has 2 atom stereocenters. The second kappa shape index (κ2) is 4.84. The third-order valence-corrected chi connectivity index (χ3v) is 3.76. The standard InChI is InChI=1S/C13H28N2/c1-10(13(2,3)4)14-9-12(15(5)6)11-7-8-11/h10-12,14H,7-9H2,1-6H3/t10-,12-/m0/s1. The minimum Gasteiger partial charge on any atom is -0.312 e. The Labute approximate surface area is 95.4 Å². The lowest BCUT2D eigenvalue weighted by Crippen LogP contribution is -2.46. The summed E-state index contributed by atoms with van der Waals surface area (Å²) in [6.45, 7) is 10.3. The molecule has 0 aromatic carbocycles. The zero-order valence-corrected chi connectivity index (χ0v) is 11.3. The first-order valence-corrected chi connectivity index (χ1v) is 6.22. The Morgan fingerprint density at radius 2 is 1.80 bits per heavy atom. The maximum Gasteiger partial charge on any atom is 0.0242 e. The minimum atomic E-state index is 0.362. The molecule has 0 amide bonds. The highest BCUT2D eigenvalue weighted by Crippen LogP contribution is 2.34. The van der Waals surface area contributed by atoms with Gasteiger partial charge in [0.25, 0.3) is 0 Å². The summed E-state index contributed by atoms with van der Waals surface area (Å²) < 4.78 is 0. The zero-order valence-electron chi connectivity index (χ0n) is 11.3. The van der Waals surface area contributed by atoms with E-state index in [9.17, 15) is 0 Å². The molecule has 0 saturated heterocycles. The van der Waals surface area contributed by atoms with Crippen molar-refractivity contribution >= 4 is 0 Å². The fourth-order valence-corrected chi connectivity index (χ4v) is 1.86. The fraction of sp³-hybridized carbons (Fsp3) is 1.00. The highest BCUT2D eigenvalue weighted by atomic mass is 15.1. The first-order chi connectivity index (χ1) is 6.82. The molecule has 1 rings (SSSR count). The molecule has 1 saturated carbocycles. The molecule has 0 bridgehead atoms. The highest BCUT2D eigenvalue weighted by Gasteiger charge is 2.33. The molecule has 0 spiro atoms. The number of nitrogens with one attached hydrogen (secondary N) is 1. The van der Waals surface area contributed by atoms with Crippen LogP contribution < -0.4 is 5.32 Å². The van der Waals surface area contributed by atoms with Crippen LogP contribution in [0.2, 0.25) is 0 Å². The number of nitrogens with zero attached hydrogens (tertiary/aromatic N) is 1. The van der Waals surface area contributed by atoms with E-state index in [1.807, 2.05) is 0 Å². The average molecular weight is 212 g/mol. The van der Waals surface area contributed by atoms with Gasteiger partial charge in [-0.25, -0.2) is 0 Å². The van der Waals surface area contributed by atoms with Crippen LogP contribution >= 0.6 is 0 Å². The molecule has 0 aromatic rings. The summed E-state index contributed by atoms with van der Waals surface area (Å²) >= 11 is 0. The molecule has 90 valence electrons. The normalized spacial score (nSPS) is 21.8. The molecule has 0 heterocycles. The fourth-order valence-electron chi connectivity index (χ4n) is 1.86. The van der Waals surface area contributed by atoms with Crippen LogP contribution in [0, 0.1) is 11.3 Å². The molecule has 0 aromatic heterocycles. The Balaban J connectivity index is 2.33. The molecular formula is C13H28N2. The second-order valence-electron chi connectivity index (χ2n) is 6.36. The van der Waals surface area contributed by atoms with Gasteiger partial charge in [-0.1, -0.05) is 20.8 Å². The Morgan fingerprint density at radius 1 is 1.27 bits per heavy atom. The first kappa shape index (κ1) is 13.0. The van der Waals surface area contributed by atoms with Crippen LogP contribution in [-0.2, 0) is 0 Å². The van der Waals surface area contributed by atoms with Gasteiger partial charge in [-0.05, 0) is 45.2 Å². The van der Waals surface area contributed by atoms with Gasteiger partial charge in [-0.2, -0.15) is 0 Å². The lowest BCUT2D eigenvalue weighted by atomic mass is 9.88. The molecular weight excluding hydrogens is 184 g/mol. The lowest BCUT2D eigenvalue weighted by Gasteiger charge is -2.32. The molecule has 0 unspecified atom stereocenters. The topological polar surface area (TPSA) is 15.3 Å². The summed E-state index contributed by atoms with van der Waals surface area (Å²) in [7, 11) is 4.40. The largest absolute Gasteiger partial charge is 0.312 e. The van der Waals surface area contributed by atoms with Gasteiger partial charge >= 0.3 is 0 Å². The van der Waals surface area contributed by atoms with Crippen LogP contribution in [0.1, 0.15) is 40.5 Å². The van der Waals surface area contributed by atoms with Crippen molar-refractivity contribution in [3.63, 3.8) is 0 Å². The van der Waals surface area contributed by atoms with Crippen LogP contribution in [-0.4, -0.2) is 37.6 Å². The molecule has 1 fully saturated rings. The summed E-state index contributed by atoms with van der Waals surface area (Å²) in [5.74, 6) is 0.944. The van der Waals surface area contributed by atoms with E-state index >= 15 is 0 Å². The number of hydrogen-bond donors (Lipinski definition) is 1. The van der Waals surface area contributed by atoms with Crippen molar-refractivity contribution in [2.75, 3.05) is 20.6 Å². The third kappa shape index (κ3) is 4.12. The van der Waals surface area contributed by atoms with Gasteiger partial charge in [-0.3, -0.25) is 0 Å². The lowest BCUT2D eigenvalue weighted by molar-refractivity contribution is 0.219. The van der Waals surface area contributed by atoms with Crippen molar-refractivity contribution in [3.8, 4) is 0 Å². The smallest absolute Gasteiger partial charge is 0.0242 e. The van der Waals surface area contributed by atoms with E-state index in [4.69, 9.17) is 0 Å². The monoisotopic (exact) mass is 212 g/mol. The van der Waals surface area contributed by atoms with Crippen LogP contribution in [0.15, 0.2) is 0 Å². The number of rotatable bonds is 5.